The van der Waals surface area contributed by atoms with Crippen molar-refractivity contribution in [2.24, 2.45) is 5.73 Å². The first-order valence-corrected chi connectivity index (χ1v) is 9.51. The molecular formula is C18H39N3. The van der Waals surface area contributed by atoms with Gasteiger partial charge in [0.25, 0.3) is 0 Å². The second kappa shape index (κ2) is 13.5. The highest BCUT2D eigenvalue weighted by Crippen LogP contribution is 2.09. The van der Waals surface area contributed by atoms with Crippen LogP contribution in [0.4, 0.5) is 0 Å². The van der Waals surface area contributed by atoms with E-state index < -0.39 is 0 Å². The molecule has 3 heteroatoms. The summed E-state index contributed by atoms with van der Waals surface area (Å²) in [6, 6.07) is 0. The molecular weight excluding hydrogens is 258 g/mol. The standard InChI is InChI=1S/C18H39N3/c1-2-3-4-5-6-9-13-20-15-11-16-21(18-17-20)14-10-7-8-12-19/h2-19H2,1H3. The number of hydrogen-bond donors (Lipinski definition) is 1. The topological polar surface area (TPSA) is 32.5 Å². The Kier molecular flexibility index (Phi) is 12.2. The van der Waals surface area contributed by atoms with Gasteiger partial charge in [-0.05, 0) is 58.4 Å². The first kappa shape index (κ1) is 18.9. The van der Waals surface area contributed by atoms with Gasteiger partial charge in [-0.3, -0.25) is 0 Å². The summed E-state index contributed by atoms with van der Waals surface area (Å²) >= 11 is 0. The van der Waals surface area contributed by atoms with Crippen LogP contribution in [-0.2, 0) is 0 Å². The van der Waals surface area contributed by atoms with Crippen LogP contribution in [0.15, 0.2) is 0 Å². The van der Waals surface area contributed by atoms with E-state index in [0.29, 0.717) is 0 Å². The fourth-order valence-corrected chi connectivity index (χ4v) is 3.24. The van der Waals surface area contributed by atoms with Crippen LogP contribution in [0.3, 0.4) is 0 Å². The monoisotopic (exact) mass is 297 g/mol. The predicted octanol–water partition coefficient (Wildman–Crippen LogP) is 3.48. The van der Waals surface area contributed by atoms with E-state index in [9.17, 15) is 0 Å². The van der Waals surface area contributed by atoms with E-state index in [-0.39, 0.29) is 0 Å². The quantitative estimate of drug-likeness (QED) is 0.560. The van der Waals surface area contributed by atoms with E-state index in [2.05, 4.69) is 16.7 Å². The normalized spacial score (nSPS) is 18.0. The van der Waals surface area contributed by atoms with Crippen LogP contribution in [0.25, 0.3) is 0 Å². The summed E-state index contributed by atoms with van der Waals surface area (Å²) in [6.07, 6.45) is 13.7. The van der Waals surface area contributed by atoms with E-state index in [1.807, 2.05) is 0 Å². The molecule has 1 fully saturated rings. The molecule has 1 aliphatic heterocycles. The van der Waals surface area contributed by atoms with Crippen LogP contribution in [0.1, 0.15) is 71.1 Å². The summed E-state index contributed by atoms with van der Waals surface area (Å²) in [5, 5.41) is 0. The van der Waals surface area contributed by atoms with Gasteiger partial charge in [-0.2, -0.15) is 0 Å². The lowest BCUT2D eigenvalue weighted by atomic mass is 10.1. The number of rotatable bonds is 12. The van der Waals surface area contributed by atoms with Gasteiger partial charge in [-0.15, -0.1) is 0 Å². The first-order valence-electron chi connectivity index (χ1n) is 9.51. The van der Waals surface area contributed by atoms with Crippen molar-refractivity contribution in [1.29, 1.82) is 0 Å². The molecule has 21 heavy (non-hydrogen) atoms. The molecule has 1 rings (SSSR count). The van der Waals surface area contributed by atoms with Crippen molar-refractivity contribution in [3.8, 4) is 0 Å². The molecule has 0 atom stereocenters. The van der Waals surface area contributed by atoms with Gasteiger partial charge in [0, 0.05) is 13.1 Å². The fourth-order valence-electron chi connectivity index (χ4n) is 3.24. The molecule has 0 aromatic rings. The Balaban J connectivity index is 2.01. The van der Waals surface area contributed by atoms with Crippen molar-refractivity contribution in [3.63, 3.8) is 0 Å². The highest BCUT2D eigenvalue weighted by Gasteiger charge is 2.13. The molecule has 0 aromatic heterocycles. The maximum atomic E-state index is 5.56. The van der Waals surface area contributed by atoms with Crippen LogP contribution in [0.5, 0.6) is 0 Å². The van der Waals surface area contributed by atoms with Gasteiger partial charge in [0.1, 0.15) is 0 Å². The molecule has 1 aliphatic rings. The van der Waals surface area contributed by atoms with Gasteiger partial charge >= 0.3 is 0 Å². The summed E-state index contributed by atoms with van der Waals surface area (Å²) < 4.78 is 0. The zero-order valence-corrected chi connectivity index (χ0v) is 14.5. The second-order valence-electron chi connectivity index (χ2n) is 6.65. The lowest BCUT2D eigenvalue weighted by Gasteiger charge is -2.21. The minimum atomic E-state index is 0.853. The molecule has 2 N–H and O–H groups in total. The number of hydrogen-bond acceptors (Lipinski definition) is 3. The maximum Gasteiger partial charge on any atom is 0.0109 e. The van der Waals surface area contributed by atoms with Crippen molar-refractivity contribution in [2.45, 2.75) is 71.1 Å². The first-order chi connectivity index (χ1) is 10.4. The zero-order valence-electron chi connectivity index (χ0n) is 14.5. The van der Waals surface area contributed by atoms with E-state index in [0.717, 1.165) is 6.54 Å². The predicted molar refractivity (Wildman–Crippen MR) is 93.8 cm³/mol. The number of nitrogens with two attached hydrogens (primary N) is 1. The molecule has 0 radical (unpaired) electrons. The third-order valence-electron chi connectivity index (χ3n) is 4.69. The van der Waals surface area contributed by atoms with Crippen LogP contribution in [0.2, 0.25) is 0 Å². The second-order valence-corrected chi connectivity index (χ2v) is 6.65. The molecule has 0 aliphatic carbocycles. The summed E-state index contributed by atoms with van der Waals surface area (Å²) in [5.74, 6) is 0. The zero-order chi connectivity index (χ0) is 15.2. The lowest BCUT2D eigenvalue weighted by Crippen LogP contribution is -2.32. The SMILES string of the molecule is CCCCCCCCN1CCCN(CCCCCN)CC1. The Labute approximate surface area is 133 Å². The third-order valence-corrected chi connectivity index (χ3v) is 4.69. The Morgan fingerprint density at radius 2 is 1.19 bits per heavy atom. The Bertz CT molecular complexity index is 221. The molecule has 0 bridgehead atoms. The van der Waals surface area contributed by atoms with Crippen LogP contribution >= 0.6 is 0 Å². The molecule has 1 saturated heterocycles. The van der Waals surface area contributed by atoms with Crippen molar-refractivity contribution < 1.29 is 0 Å². The summed E-state index contributed by atoms with van der Waals surface area (Å²) in [4.78, 5) is 5.36. The van der Waals surface area contributed by atoms with Gasteiger partial charge in [-0.1, -0.05) is 45.4 Å². The van der Waals surface area contributed by atoms with Crippen molar-refractivity contribution in [2.75, 3.05) is 45.8 Å². The number of unbranched alkanes of at least 4 members (excludes halogenated alkanes) is 7. The third kappa shape index (κ3) is 10.3. The number of nitrogens with zero attached hydrogens (tertiary/aromatic N) is 2. The Hall–Kier alpha value is -0.120. The molecule has 0 unspecified atom stereocenters. The van der Waals surface area contributed by atoms with Crippen molar-refractivity contribution >= 4 is 0 Å². The maximum absolute atomic E-state index is 5.56. The highest BCUT2D eigenvalue weighted by molar-refractivity contribution is 4.69. The van der Waals surface area contributed by atoms with Gasteiger partial charge in [0.15, 0.2) is 0 Å². The van der Waals surface area contributed by atoms with Crippen molar-refractivity contribution in [1.82, 2.24) is 9.80 Å². The minimum Gasteiger partial charge on any atom is -0.330 e. The average molecular weight is 298 g/mol. The van der Waals surface area contributed by atoms with E-state index in [1.54, 1.807) is 0 Å². The van der Waals surface area contributed by atoms with Gasteiger partial charge < -0.3 is 15.5 Å². The smallest absolute Gasteiger partial charge is 0.0109 e. The largest absolute Gasteiger partial charge is 0.330 e. The van der Waals surface area contributed by atoms with Crippen molar-refractivity contribution in [3.05, 3.63) is 0 Å². The molecule has 1 heterocycles. The van der Waals surface area contributed by atoms with E-state index >= 15 is 0 Å². The Morgan fingerprint density at radius 3 is 1.76 bits per heavy atom. The lowest BCUT2D eigenvalue weighted by molar-refractivity contribution is 0.250. The molecule has 0 spiro atoms. The van der Waals surface area contributed by atoms with Gasteiger partial charge in [0.2, 0.25) is 0 Å². The summed E-state index contributed by atoms with van der Waals surface area (Å²) in [6.45, 7) is 10.9. The van der Waals surface area contributed by atoms with E-state index in [4.69, 9.17) is 5.73 Å². The summed E-state index contributed by atoms with van der Waals surface area (Å²) in [5.41, 5.74) is 5.56. The van der Waals surface area contributed by atoms with Gasteiger partial charge in [-0.25, -0.2) is 0 Å². The van der Waals surface area contributed by atoms with Crippen LogP contribution in [0, 0.1) is 0 Å². The molecule has 126 valence electrons. The minimum absolute atomic E-state index is 0.853. The van der Waals surface area contributed by atoms with Gasteiger partial charge in [0.05, 0.1) is 0 Å². The molecule has 0 saturated carbocycles. The fraction of sp³-hybridized carbons (Fsp3) is 1.00. The molecule has 0 amide bonds. The molecule has 0 aromatic carbocycles. The summed E-state index contributed by atoms with van der Waals surface area (Å²) in [7, 11) is 0. The highest BCUT2D eigenvalue weighted by atomic mass is 15.2. The van der Waals surface area contributed by atoms with Crippen LogP contribution < -0.4 is 5.73 Å². The van der Waals surface area contributed by atoms with E-state index in [1.165, 1.54) is 103 Å². The van der Waals surface area contributed by atoms with Crippen LogP contribution in [-0.4, -0.2) is 55.6 Å². The Morgan fingerprint density at radius 1 is 0.667 bits per heavy atom. The average Bonchev–Trinajstić information content (AvgIpc) is 2.73. The molecule has 3 nitrogen and oxygen atoms in total.